The van der Waals surface area contributed by atoms with Crippen LogP contribution in [0.15, 0.2) is 30.3 Å². The minimum Gasteiger partial charge on any atom is -0.356 e. The van der Waals surface area contributed by atoms with Gasteiger partial charge < -0.3 is 5.32 Å². The molecule has 1 aliphatic carbocycles. The molecule has 0 unspecified atom stereocenters. The molecule has 1 N–H and O–H groups in total. The first-order chi connectivity index (χ1) is 8.74. The zero-order valence-electron chi connectivity index (χ0n) is 10.6. The van der Waals surface area contributed by atoms with Crippen molar-refractivity contribution in [1.29, 1.82) is 0 Å². The zero-order chi connectivity index (χ0) is 12.8. The summed E-state index contributed by atoms with van der Waals surface area (Å²) in [6.07, 6.45) is 5.12. The standard InChI is InChI=1S/C15H20BrNO/c16-11-10-15(8-9-15)12-17-14(18)7-6-13-4-2-1-3-5-13/h1-5H,6-12H2,(H,17,18). The fourth-order valence-electron chi connectivity index (χ4n) is 2.17. The normalized spacial score (nSPS) is 16.3. The average Bonchev–Trinajstić information content (AvgIpc) is 3.16. The first-order valence-electron chi connectivity index (χ1n) is 6.61. The lowest BCUT2D eigenvalue weighted by atomic mass is 10.0. The van der Waals surface area contributed by atoms with Crippen LogP contribution < -0.4 is 5.32 Å². The van der Waals surface area contributed by atoms with Gasteiger partial charge >= 0.3 is 0 Å². The van der Waals surface area contributed by atoms with E-state index in [9.17, 15) is 4.79 Å². The van der Waals surface area contributed by atoms with Gasteiger partial charge in [-0.05, 0) is 36.7 Å². The number of aryl methyl sites for hydroxylation is 1. The molecule has 1 saturated carbocycles. The predicted octanol–water partition coefficient (Wildman–Crippen LogP) is 3.30. The Kier molecular flexibility index (Phi) is 4.81. The molecule has 98 valence electrons. The molecule has 2 nitrogen and oxygen atoms in total. The fourth-order valence-corrected chi connectivity index (χ4v) is 3.01. The Morgan fingerprint density at radius 1 is 1.28 bits per heavy atom. The third-order valence-electron chi connectivity index (χ3n) is 3.73. The maximum absolute atomic E-state index is 11.8. The van der Waals surface area contributed by atoms with E-state index in [-0.39, 0.29) is 5.91 Å². The number of amides is 1. The molecule has 1 aromatic rings. The van der Waals surface area contributed by atoms with Crippen LogP contribution in [0, 0.1) is 5.41 Å². The molecule has 0 aromatic heterocycles. The molecule has 0 spiro atoms. The molecule has 1 amide bonds. The van der Waals surface area contributed by atoms with Gasteiger partial charge in [-0.2, -0.15) is 0 Å². The number of rotatable bonds is 7. The van der Waals surface area contributed by atoms with Crippen molar-refractivity contribution in [2.45, 2.75) is 32.1 Å². The first kappa shape index (κ1) is 13.6. The van der Waals surface area contributed by atoms with Crippen LogP contribution in [0.4, 0.5) is 0 Å². The van der Waals surface area contributed by atoms with Crippen molar-refractivity contribution in [3.05, 3.63) is 35.9 Å². The SMILES string of the molecule is O=C(CCc1ccccc1)NCC1(CCBr)CC1. The van der Waals surface area contributed by atoms with Gasteiger partial charge in [0.2, 0.25) is 5.91 Å². The monoisotopic (exact) mass is 309 g/mol. The molecule has 0 heterocycles. The number of alkyl halides is 1. The Hall–Kier alpha value is -0.830. The fraction of sp³-hybridized carbons (Fsp3) is 0.533. The van der Waals surface area contributed by atoms with Crippen molar-refractivity contribution in [3.8, 4) is 0 Å². The van der Waals surface area contributed by atoms with Gasteiger partial charge in [-0.15, -0.1) is 0 Å². The molecule has 18 heavy (non-hydrogen) atoms. The highest BCUT2D eigenvalue weighted by molar-refractivity contribution is 9.09. The Labute approximate surface area is 117 Å². The Morgan fingerprint density at radius 2 is 2.00 bits per heavy atom. The third kappa shape index (κ3) is 4.13. The molecule has 0 atom stereocenters. The molecule has 1 fully saturated rings. The summed E-state index contributed by atoms with van der Waals surface area (Å²) < 4.78 is 0. The van der Waals surface area contributed by atoms with Gasteiger partial charge in [0, 0.05) is 18.3 Å². The highest BCUT2D eigenvalue weighted by Crippen LogP contribution is 2.48. The van der Waals surface area contributed by atoms with Crippen molar-refractivity contribution in [1.82, 2.24) is 5.32 Å². The first-order valence-corrected chi connectivity index (χ1v) is 7.73. The number of hydrogen-bond donors (Lipinski definition) is 1. The van der Waals surface area contributed by atoms with Crippen molar-refractivity contribution in [3.63, 3.8) is 0 Å². The number of hydrogen-bond acceptors (Lipinski definition) is 1. The van der Waals surface area contributed by atoms with E-state index in [1.165, 1.54) is 24.8 Å². The number of nitrogens with one attached hydrogen (secondary N) is 1. The summed E-state index contributed by atoms with van der Waals surface area (Å²) in [6, 6.07) is 10.2. The third-order valence-corrected chi connectivity index (χ3v) is 4.12. The quantitative estimate of drug-likeness (QED) is 0.769. The van der Waals surface area contributed by atoms with E-state index in [0.29, 0.717) is 11.8 Å². The molecule has 0 saturated heterocycles. The van der Waals surface area contributed by atoms with Gasteiger partial charge in [-0.1, -0.05) is 46.3 Å². The van der Waals surface area contributed by atoms with E-state index in [2.05, 4.69) is 33.4 Å². The minimum absolute atomic E-state index is 0.180. The number of benzene rings is 1. The van der Waals surface area contributed by atoms with Crippen LogP contribution >= 0.6 is 15.9 Å². The van der Waals surface area contributed by atoms with E-state index in [0.717, 1.165) is 18.3 Å². The van der Waals surface area contributed by atoms with Gasteiger partial charge in [-0.3, -0.25) is 4.79 Å². The molecule has 0 bridgehead atoms. The molecular formula is C15H20BrNO. The van der Waals surface area contributed by atoms with Crippen LogP contribution in [-0.2, 0) is 11.2 Å². The number of carbonyl (C=O) groups excluding carboxylic acids is 1. The average molecular weight is 310 g/mol. The van der Waals surface area contributed by atoms with Crippen LogP contribution in [-0.4, -0.2) is 17.8 Å². The van der Waals surface area contributed by atoms with Crippen molar-refractivity contribution >= 4 is 21.8 Å². The second-order valence-corrected chi connectivity index (χ2v) is 5.99. The maximum atomic E-state index is 11.8. The van der Waals surface area contributed by atoms with E-state index < -0.39 is 0 Å². The van der Waals surface area contributed by atoms with Gasteiger partial charge in [0.25, 0.3) is 0 Å². The molecule has 1 aromatic carbocycles. The topological polar surface area (TPSA) is 29.1 Å². The summed E-state index contributed by atoms with van der Waals surface area (Å²) in [5.74, 6) is 0.180. The Morgan fingerprint density at radius 3 is 2.61 bits per heavy atom. The van der Waals surface area contributed by atoms with Gasteiger partial charge in [0.15, 0.2) is 0 Å². The predicted molar refractivity (Wildman–Crippen MR) is 77.9 cm³/mol. The summed E-state index contributed by atoms with van der Waals surface area (Å²) >= 11 is 3.48. The van der Waals surface area contributed by atoms with Crippen LogP contribution in [0.1, 0.15) is 31.2 Å². The van der Waals surface area contributed by atoms with Gasteiger partial charge in [0.1, 0.15) is 0 Å². The Balaban J connectivity index is 1.67. The summed E-state index contributed by atoms with van der Waals surface area (Å²) in [6.45, 7) is 0.853. The van der Waals surface area contributed by atoms with Crippen molar-refractivity contribution < 1.29 is 4.79 Å². The Bertz CT molecular complexity index is 387. The lowest BCUT2D eigenvalue weighted by Crippen LogP contribution is -2.30. The molecule has 3 heteroatoms. The molecule has 2 rings (SSSR count). The lowest BCUT2D eigenvalue weighted by molar-refractivity contribution is -0.121. The summed E-state index contributed by atoms with van der Waals surface area (Å²) in [4.78, 5) is 11.8. The van der Waals surface area contributed by atoms with Crippen LogP contribution in [0.25, 0.3) is 0 Å². The zero-order valence-corrected chi connectivity index (χ0v) is 12.2. The maximum Gasteiger partial charge on any atom is 0.220 e. The highest BCUT2D eigenvalue weighted by Gasteiger charge is 2.41. The molecular weight excluding hydrogens is 290 g/mol. The minimum atomic E-state index is 0.180. The second kappa shape index (κ2) is 6.37. The summed E-state index contributed by atoms with van der Waals surface area (Å²) in [5.41, 5.74) is 1.64. The largest absolute Gasteiger partial charge is 0.356 e. The van der Waals surface area contributed by atoms with Crippen LogP contribution in [0.5, 0.6) is 0 Å². The van der Waals surface area contributed by atoms with Crippen molar-refractivity contribution in [2.75, 3.05) is 11.9 Å². The van der Waals surface area contributed by atoms with E-state index >= 15 is 0 Å². The van der Waals surface area contributed by atoms with Gasteiger partial charge in [-0.25, -0.2) is 0 Å². The van der Waals surface area contributed by atoms with Crippen molar-refractivity contribution in [2.24, 2.45) is 5.41 Å². The summed E-state index contributed by atoms with van der Waals surface area (Å²) in [7, 11) is 0. The van der Waals surface area contributed by atoms with Crippen LogP contribution in [0.2, 0.25) is 0 Å². The summed E-state index contributed by atoms with van der Waals surface area (Å²) in [5, 5.41) is 4.12. The molecule has 1 aliphatic rings. The highest BCUT2D eigenvalue weighted by atomic mass is 79.9. The molecule has 0 radical (unpaired) electrons. The second-order valence-electron chi connectivity index (χ2n) is 5.20. The van der Waals surface area contributed by atoms with E-state index in [1.54, 1.807) is 0 Å². The lowest BCUT2D eigenvalue weighted by Gasteiger charge is -2.14. The van der Waals surface area contributed by atoms with E-state index in [1.807, 2.05) is 18.2 Å². The molecule has 0 aliphatic heterocycles. The number of halogens is 1. The van der Waals surface area contributed by atoms with Gasteiger partial charge in [0.05, 0.1) is 0 Å². The smallest absolute Gasteiger partial charge is 0.220 e. The number of carbonyl (C=O) groups is 1. The van der Waals surface area contributed by atoms with E-state index in [4.69, 9.17) is 0 Å². The van der Waals surface area contributed by atoms with Crippen LogP contribution in [0.3, 0.4) is 0 Å².